The number of carbonyl (C=O) groups is 2. The van der Waals surface area contributed by atoms with Crippen molar-refractivity contribution >= 4 is 11.7 Å². The van der Waals surface area contributed by atoms with Crippen molar-refractivity contribution in [1.29, 1.82) is 0 Å². The highest BCUT2D eigenvalue weighted by atomic mass is 16.2. The number of Topliss-reactive ketones (excluding diaryl/α,β-unsaturated/α-hetero) is 1. The summed E-state index contributed by atoms with van der Waals surface area (Å²) >= 11 is 0. The van der Waals surface area contributed by atoms with Gasteiger partial charge in [-0.1, -0.05) is 13.8 Å². The van der Waals surface area contributed by atoms with Gasteiger partial charge in [0, 0.05) is 26.4 Å². The van der Waals surface area contributed by atoms with Crippen LogP contribution in [-0.4, -0.2) is 30.2 Å². The molecule has 0 atom stereocenters. The van der Waals surface area contributed by atoms with E-state index in [0.29, 0.717) is 18.8 Å². The van der Waals surface area contributed by atoms with Gasteiger partial charge in [0.2, 0.25) is 5.91 Å². The van der Waals surface area contributed by atoms with Crippen LogP contribution in [0.25, 0.3) is 0 Å². The zero-order valence-electron chi connectivity index (χ0n) is 9.67. The Bertz CT molecular complexity index is 199. The van der Waals surface area contributed by atoms with Crippen molar-refractivity contribution in [3.05, 3.63) is 0 Å². The monoisotopic (exact) mass is 199 g/mol. The average molecular weight is 199 g/mol. The normalized spacial score (nSPS) is 10.4. The van der Waals surface area contributed by atoms with E-state index < -0.39 is 0 Å². The third-order valence-corrected chi connectivity index (χ3v) is 2.16. The third kappa shape index (κ3) is 6.63. The SMILES string of the molecule is CC(=O)CCC(=O)N(C)CCC(C)C. The van der Waals surface area contributed by atoms with Gasteiger partial charge in [0.1, 0.15) is 5.78 Å². The molecule has 0 unspecified atom stereocenters. The van der Waals surface area contributed by atoms with Crippen LogP contribution in [0, 0.1) is 5.92 Å². The lowest BCUT2D eigenvalue weighted by Gasteiger charge is -2.17. The molecule has 1 amide bonds. The molecule has 0 aliphatic carbocycles. The number of hydrogen-bond acceptors (Lipinski definition) is 2. The minimum absolute atomic E-state index is 0.0702. The Morgan fingerprint density at radius 1 is 1.21 bits per heavy atom. The standard InChI is InChI=1S/C11H21NO2/c1-9(2)7-8-12(4)11(14)6-5-10(3)13/h9H,5-8H2,1-4H3. The van der Waals surface area contributed by atoms with Gasteiger partial charge in [-0.2, -0.15) is 0 Å². The maximum absolute atomic E-state index is 11.4. The van der Waals surface area contributed by atoms with Gasteiger partial charge in [0.15, 0.2) is 0 Å². The van der Waals surface area contributed by atoms with Crippen LogP contribution in [0.1, 0.15) is 40.0 Å². The second-order valence-corrected chi connectivity index (χ2v) is 4.20. The van der Waals surface area contributed by atoms with E-state index in [1.54, 1.807) is 11.9 Å². The molecule has 82 valence electrons. The van der Waals surface area contributed by atoms with Crippen LogP contribution in [0.3, 0.4) is 0 Å². The lowest BCUT2D eigenvalue weighted by molar-refractivity contribution is -0.131. The first-order chi connectivity index (χ1) is 6.43. The van der Waals surface area contributed by atoms with Crippen molar-refractivity contribution in [3.8, 4) is 0 Å². The van der Waals surface area contributed by atoms with Gasteiger partial charge in [0.25, 0.3) is 0 Å². The number of ketones is 1. The summed E-state index contributed by atoms with van der Waals surface area (Å²) in [6.07, 6.45) is 1.73. The lowest BCUT2D eigenvalue weighted by atomic mass is 10.1. The van der Waals surface area contributed by atoms with Gasteiger partial charge in [-0.05, 0) is 19.3 Å². The predicted octanol–water partition coefficient (Wildman–Crippen LogP) is 1.86. The molecule has 0 spiro atoms. The summed E-state index contributed by atoms with van der Waals surface area (Å²) in [4.78, 5) is 23.8. The van der Waals surface area contributed by atoms with Crippen LogP contribution in [0.15, 0.2) is 0 Å². The molecule has 0 aliphatic rings. The molecule has 0 aromatic rings. The topological polar surface area (TPSA) is 37.4 Å². The van der Waals surface area contributed by atoms with E-state index in [-0.39, 0.29) is 11.7 Å². The van der Waals surface area contributed by atoms with Crippen LogP contribution in [0.4, 0.5) is 0 Å². The fourth-order valence-electron chi connectivity index (χ4n) is 1.05. The molecule has 14 heavy (non-hydrogen) atoms. The highest BCUT2D eigenvalue weighted by Gasteiger charge is 2.09. The Balaban J connectivity index is 3.70. The first-order valence-electron chi connectivity index (χ1n) is 5.17. The minimum Gasteiger partial charge on any atom is -0.346 e. The Hall–Kier alpha value is -0.860. The molecule has 0 bridgehead atoms. The highest BCUT2D eigenvalue weighted by molar-refractivity contribution is 5.83. The Labute approximate surface area is 86.5 Å². The predicted molar refractivity (Wildman–Crippen MR) is 57.0 cm³/mol. The van der Waals surface area contributed by atoms with E-state index in [0.717, 1.165) is 13.0 Å². The molecule has 0 aromatic carbocycles. The molecule has 3 heteroatoms. The first-order valence-corrected chi connectivity index (χ1v) is 5.17. The molecule has 0 aromatic heterocycles. The van der Waals surface area contributed by atoms with Gasteiger partial charge in [-0.15, -0.1) is 0 Å². The van der Waals surface area contributed by atoms with E-state index >= 15 is 0 Å². The molecule has 0 aliphatic heterocycles. The van der Waals surface area contributed by atoms with Crippen LogP contribution >= 0.6 is 0 Å². The molecule has 0 rings (SSSR count). The highest BCUT2D eigenvalue weighted by Crippen LogP contribution is 2.03. The van der Waals surface area contributed by atoms with E-state index in [1.165, 1.54) is 6.92 Å². The summed E-state index contributed by atoms with van der Waals surface area (Å²) in [5.74, 6) is 0.759. The third-order valence-electron chi connectivity index (χ3n) is 2.16. The van der Waals surface area contributed by atoms with E-state index in [1.807, 2.05) is 0 Å². The molecule has 0 N–H and O–H groups in total. The molecule has 3 nitrogen and oxygen atoms in total. The largest absolute Gasteiger partial charge is 0.346 e. The van der Waals surface area contributed by atoms with E-state index in [9.17, 15) is 9.59 Å². The first kappa shape index (κ1) is 13.1. The maximum atomic E-state index is 11.4. The summed E-state index contributed by atoms with van der Waals surface area (Å²) in [5, 5.41) is 0. The number of amides is 1. The van der Waals surface area contributed by atoms with Crippen molar-refractivity contribution in [2.24, 2.45) is 5.92 Å². The molecule has 0 saturated heterocycles. The summed E-state index contributed by atoms with van der Waals surface area (Å²) in [7, 11) is 1.80. The average Bonchev–Trinajstić information content (AvgIpc) is 2.09. The number of carbonyl (C=O) groups excluding carboxylic acids is 2. The quantitative estimate of drug-likeness (QED) is 0.654. The van der Waals surface area contributed by atoms with Crippen molar-refractivity contribution in [2.75, 3.05) is 13.6 Å². The zero-order valence-corrected chi connectivity index (χ0v) is 9.67. The zero-order chi connectivity index (χ0) is 11.1. The Kier molecular flexibility index (Phi) is 6.17. The summed E-state index contributed by atoms with van der Waals surface area (Å²) in [6, 6.07) is 0. The Morgan fingerprint density at radius 2 is 1.79 bits per heavy atom. The molecule has 0 fully saturated rings. The maximum Gasteiger partial charge on any atom is 0.222 e. The molecule has 0 saturated carbocycles. The van der Waals surface area contributed by atoms with Crippen molar-refractivity contribution in [2.45, 2.75) is 40.0 Å². The molecule has 0 radical (unpaired) electrons. The van der Waals surface area contributed by atoms with Crippen molar-refractivity contribution in [1.82, 2.24) is 4.90 Å². The summed E-state index contributed by atoms with van der Waals surface area (Å²) < 4.78 is 0. The second-order valence-electron chi connectivity index (χ2n) is 4.20. The molecular weight excluding hydrogens is 178 g/mol. The summed E-state index contributed by atoms with van der Waals surface area (Å²) in [6.45, 7) is 6.57. The van der Waals surface area contributed by atoms with E-state index in [4.69, 9.17) is 0 Å². The molecular formula is C11H21NO2. The number of rotatable bonds is 6. The van der Waals surface area contributed by atoms with Crippen LogP contribution in [-0.2, 0) is 9.59 Å². The number of nitrogens with zero attached hydrogens (tertiary/aromatic N) is 1. The van der Waals surface area contributed by atoms with Crippen LogP contribution in [0.5, 0.6) is 0 Å². The lowest BCUT2D eigenvalue weighted by Crippen LogP contribution is -2.28. The van der Waals surface area contributed by atoms with Gasteiger partial charge < -0.3 is 9.69 Å². The van der Waals surface area contributed by atoms with E-state index in [2.05, 4.69) is 13.8 Å². The number of hydrogen-bond donors (Lipinski definition) is 0. The van der Waals surface area contributed by atoms with Gasteiger partial charge in [0.05, 0.1) is 0 Å². The van der Waals surface area contributed by atoms with Crippen molar-refractivity contribution in [3.63, 3.8) is 0 Å². The summed E-state index contributed by atoms with van der Waals surface area (Å²) in [5.41, 5.74) is 0. The van der Waals surface area contributed by atoms with Crippen LogP contribution in [0.2, 0.25) is 0 Å². The fourth-order valence-corrected chi connectivity index (χ4v) is 1.05. The van der Waals surface area contributed by atoms with Crippen LogP contribution < -0.4 is 0 Å². The minimum atomic E-state index is 0.0702. The Morgan fingerprint density at radius 3 is 2.21 bits per heavy atom. The fraction of sp³-hybridized carbons (Fsp3) is 0.818. The smallest absolute Gasteiger partial charge is 0.222 e. The van der Waals surface area contributed by atoms with Crippen molar-refractivity contribution < 1.29 is 9.59 Å². The second kappa shape index (κ2) is 6.57. The molecule has 0 heterocycles. The van der Waals surface area contributed by atoms with Gasteiger partial charge >= 0.3 is 0 Å². The van der Waals surface area contributed by atoms with Gasteiger partial charge in [-0.3, -0.25) is 4.79 Å². The van der Waals surface area contributed by atoms with Gasteiger partial charge in [-0.25, -0.2) is 0 Å².